The van der Waals surface area contributed by atoms with Crippen molar-refractivity contribution in [3.05, 3.63) is 56.2 Å². The molecule has 0 amide bonds. The first-order chi connectivity index (χ1) is 10.1. The van der Waals surface area contributed by atoms with Crippen LogP contribution in [0.5, 0.6) is 0 Å². The van der Waals surface area contributed by atoms with E-state index in [-0.39, 0.29) is 0 Å². The van der Waals surface area contributed by atoms with Gasteiger partial charge >= 0.3 is 0 Å². The van der Waals surface area contributed by atoms with E-state index in [4.69, 9.17) is 23.2 Å². The summed E-state index contributed by atoms with van der Waals surface area (Å²) in [7, 11) is 0. The molecule has 0 fully saturated rings. The Morgan fingerprint density at radius 2 is 2.05 bits per heavy atom. The molecule has 1 aromatic carbocycles. The Bertz CT molecular complexity index is 559. The Hall–Kier alpha value is -0.580. The van der Waals surface area contributed by atoms with Crippen LogP contribution in [-0.2, 0) is 6.54 Å². The molecule has 0 saturated carbocycles. The van der Waals surface area contributed by atoms with Gasteiger partial charge in [-0.05, 0) is 30.5 Å². The molecule has 1 unspecified atom stereocenters. The molecule has 2 nitrogen and oxygen atoms in total. The summed E-state index contributed by atoms with van der Waals surface area (Å²) in [4.78, 5) is 3.65. The van der Waals surface area contributed by atoms with Crippen LogP contribution in [0.3, 0.4) is 0 Å². The molecule has 0 spiro atoms. The van der Waals surface area contributed by atoms with Gasteiger partial charge in [0.2, 0.25) is 0 Å². The monoisotopic (exact) mass is 343 g/mol. The molecule has 0 aliphatic carbocycles. The highest BCUT2D eigenvalue weighted by atomic mass is 35.5. The second kappa shape index (κ2) is 8.16. The zero-order valence-electron chi connectivity index (χ0n) is 11.9. The molecule has 114 valence electrons. The molecular formula is C16H19Cl2NOS. The van der Waals surface area contributed by atoms with Crippen molar-refractivity contribution in [3.8, 4) is 0 Å². The molecule has 5 heteroatoms. The van der Waals surface area contributed by atoms with E-state index in [2.05, 4.69) is 29.3 Å². The third-order valence-corrected chi connectivity index (χ3v) is 5.16. The normalized spacial score (nSPS) is 12.8. The lowest BCUT2D eigenvalue weighted by Crippen LogP contribution is -2.25. The summed E-state index contributed by atoms with van der Waals surface area (Å²) in [6.07, 6.45) is 0.0489. The molecule has 0 radical (unpaired) electrons. The number of hydrogen-bond acceptors (Lipinski definition) is 3. The Morgan fingerprint density at radius 1 is 1.24 bits per heavy atom. The van der Waals surface area contributed by atoms with Gasteiger partial charge in [0.15, 0.2) is 0 Å². The van der Waals surface area contributed by atoms with Gasteiger partial charge in [-0.25, -0.2) is 0 Å². The lowest BCUT2D eigenvalue weighted by Gasteiger charge is -2.22. The van der Waals surface area contributed by atoms with E-state index in [1.54, 1.807) is 17.4 Å². The average Bonchev–Trinajstić information content (AvgIpc) is 2.99. The second-order valence-corrected chi connectivity index (χ2v) is 6.71. The smallest absolute Gasteiger partial charge is 0.0817 e. The van der Waals surface area contributed by atoms with E-state index in [1.165, 1.54) is 4.88 Å². The fourth-order valence-corrected chi connectivity index (χ4v) is 3.39. The summed E-state index contributed by atoms with van der Waals surface area (Å²) in [5.41, 5.74) is 0.705. The zero-order valence-corrected chi connectivity index (χ0v) is 14.3. The highest BCUT2D eigenvalue weighted by Gasteiger charge is 2.15. The van der Waals surface area contributed by atoms with E-state index < -0.39 is 6.10 Å². The van der Waals surface area contributed by atoms with Gasteiger partial charge in [0, 0.05) is 23.5 Å². The van der Waals surface area contributed by atoms with Gasteiger partial charge in [-0.3, -0.25) is 4.90 Å². The largest absolute Gasteiger partial charge is 0.388 e. The average molecular weight is 344 g/mol. The van der Waals surface area contributed by atoms with Gasteiger partial charge in [-0.15, -0.1) is 11.3 Å². The number of hydrogen-bond donors (Lipinski definition) is 1. The quantitative estimate of drug-likeness (QED) is 0.764. The van der Waals surface area contributed by atoms with Crippen LogP contribution < -0.4 is 0 Å². The molecule has 1 aromatic heterocycles. The summed E-state index contributed by atoms with van der Waals surface area (Å²) in [5, 5.41) is 13.4. The zero-order chi connectivity index (χ0) is 15.2. The van der Waals surface area contributed by atoms with Crippen LogP contribution >= 0.6 is 34.5 Å². The summed E-state index contributed by atoms with van der Waals surface area (Å²) in [6.45, 7) is 4.82. The van der Waals surface area contributed by atoms with Crippen LogP contribution in [0.1, 0.15) is 29.9 Å². The first kappa shape index (κ1) is 16.8. The topological polar surface area (TPSA) is 23.5 Å². The lowest BCUT2D eigenvalue weighted by molar-refractivity contribution is 0.142. The van der Waals surface area contributed by atoms with E-state index in [9.17, 15) is 5.11 Å². The number of rotatable bonds is 7. The van der Waals surface area contributed by atoms with E-state index in [1.807, 2.05) is 12.1 Å². The third kappa shape index (κ3) is 4.70. The Balaban J connectivity index is 1.92. The van der Waals surface area contributed by atoms with Gasteiger partial charge in [0.25, 0.3) is 0 Å². The van der Waals surface area contributed by atoms with Gasteiger partial charge in [-0.2, -0.15) is 0 Å². The van der Waals surface area contributed by atoms with Crippen LogP contribution in [0.2, 0.25) is 10.0 Å². The Morgan fingerprint density at radius 3 is 2.71 bits per heavy atom. The van der Waals surface area contributed by atoms with Crippen LogP contribution in [0.4, 0.5) is 0 Å². The molecule has 1 heterocycles. The number of aliphatic hydroxyl groups excluding tert-OH is 1. The van der Waals surface area contributed by atoms with Crippen molar-refractivity contribution in [2.75, 3.05) is 13.1 Å². The van der Waals surface area contributed by atoms with Crippen LogP contribution in [-0.4, -0.2) is 23.1 Å². The van der Waals surface area contributed by atoms with Crippen molar-refractivity contribution in [1.82, 2.24) is 4.90 Å². The minimum Gasteiger partial charge on any atom is -0.388 e. The van der Waals surface area contributed by atoms with Gasteiger partial charge < -0.3 is 5.11 Å². The number of aliphatic hydroxyl groups is 1. The maximum absolute atomic E-state index is 10.3. The van der Waals surface area contributed by atoms with Crippen LogP contribution in [0, 0.1) is 0 Å². The van der Waals surface area contributed by atoms with Crippen LogP contribution in [0.25, 0.3) is 0 Å². The molecular weight excluding hydrogens is 325 g/mol. The van der Waals surface area contributed by atoms with Crippen molar-refractivity contribution < 1.29 is 5.11 Å². The molecule has 0 aliphatic heterocycles. The van der Waals surface area contributed by atoms with E-state index >= 15 is 0 Å². The van der Waals surface area contributed by atoms with Gasteiger partial charge in [0.05, 0.1) is 16.1 Å². The highest BCUT2D eigenvalue weighted by Crippen LogP contribution is 2.31. The van der Waals surface area contributed by atoms with E-state index in [0.717, 1.165) is 19.6 Å². The number of nitrogens with zero attached hydrogens (tertiary/aromatic N) is 1. The molecule has 2 rings (SSSR count). The molecule has 21 heavy (non-hydrogen) atoms. The molecule has 0 aliphatic rings. The van der Waals surface area contributed by atoms with Crippen LogP contribution in [0.15, 0.2) is 35.7 Å². The minimum atomic E-state index is -0.589. The SMILES string of the molecule is CCN(CCC(O)c1cccc(Cl)c1Cl)Cc1cccs1. The standard InChI is InChI=1S/C16H19Cl2NOS/c1-2-19(11-12-5-4-10-21-12)9-8-15(20)13-6-3-7-14(17)16(13)18/h3-7,10,15,20H,2,8-9,11H2,1H3. The lowest BCUT2D eigenvalue weighted by atomic mass is 10.1. The third-order valence-electron chi connectivity index (χ3n) is 3.47. The Labute approximate surface area is 139 Å². The predicted molar refractivity (Wildman–Crippen MR) is 91.3 cm³/mol. The first-order valence-electron chi connectivity index (χ1n) is 6.98. The van der Waals surface area contributed by atoms with Gasteiger partial charge in [0.1, 0.15) is 0 Å². The fraction of sp³-hybridized carbons (Fsp3) is 0.375. The summed E-state index contributed by atoms with van der Waals surface area (Å²) < 4.78 is 0. The molecule has 0 saturated heterocycles. The molecule has 2 aromatic rings. The van der Waals surface area contributed by atoms with E-state index in [0.29, 0.717) is 22.0 Å². The first-order valence-corrected chi connectivity index (χ1v) is 8.62. The highest BCUT2D eigenvalue weighted by molar-refractivity contribution is 7.09. The Kier molecular flexibility index (Phi) is 6.52. The maximum atomic E-state index is 10.3. The number of halogens is 2. The number of benzene rings is 1. The fourth-order valence-electron chi connectivity index (χ4n) is 2.21. The van der Waals surface area contributed by atoms with Crippen molar-refractivity contribution in [2.45, 2.75) is 26.0 Å². The second-order valence-electron chi connectivity index (χ2n) is 4.90. The van der Waals surface area contributed by atoms with Crippen molar-refractivity contribution in [1.29, 1.82) is 0 Å². The van der Waals surface area contributed by atoms with Crippen molar-refractivity contribution in [3.63, 3.8) is 0 Å². The predicted octanol–water partition coefficient (Wildman–Crippen LogP) is 5.00. The summed E-state index contributed by atoms with van der Waals surface area (Å²) in [6, 6.07) is 9.58. The molecule has 0 bridgehead atoms. The number of thiophene rings is 1. The summed E-state index contributed by atoms with van der Waals surface area (Å²) in [5.74, 6) is 0. The van der Waals surface area contributed by atoms with Gasteiger partial charge in [-0.1, -0.05) is 48.3 Å². The maximum Gasteiger partial charge on any atom is 0.0817 e. The van der Waals surface area contributed by atoms with Crippen molar-refractivity contribution >= 4 is 34.5 Å². The summed E-state index contributed by atoms with van der Waals surface area (Å²) >= 11 is 13.9. The molecule has 1 N–H and O–H groups in total. The molecule has 1 atom stereocenters. The van der Waals surface area contributed by atoms with Crippen molar-refractivity contribution in [2.24, 2.45) is 0 Å². The minimum absolute atomic E-state index is 0.452.